The van der Waals surface area contributed by atoms with Crippen molar-refractivity contribution < 1.29 is 83.1 Å². The van der Waals surface area contributed by atoms with Gasteiger partial charge in [0.2, 0.25) is 65.0 Å². The number of carbonyl (C=O) groups excluding carboxylic acids is 11. The lowest BCUT2D eigenvalue weighted by molar-refractivity contribution is -0.143. The normalized spacial score (nSPS) is 19.9. The number of primary amides is 1. The lowest BCUT2D eigenvalue weighted by Crippen LogP contribution is -2.61. The van der Waals surface area contributed by atoms with E-state index in [1.54, 1.807) is 56.4 Å². The Hall–Kier alpha value is -10.6. The average molecular weight is 1360 g/mol. The van der Waals surface area contributed by atoms with E-state index < -0.39 is 139 Å². The fourth-order valence-electron chi connectivity index (χ4n) is 11.3. The molecule has 0 saturated carbocycles. The van der Waals surface area contributed by atoms with E-state index in [1.165, 1.54) is 91.4 Å². The number of nitrogens with zero attached hydrogens (tertiary/aromatic N) is 3. The summed E-state index contributed by atoms with van der Waals surface area (Å²) in [6.45, 7) is 4.33. The first kappa shape index (κ1) is 76.4. The van der Waals surface area contributed by atoms with E-state index in [9.17, 15) is 73.5 Å². The number of para-hydroxylation sites is 1. The highest BCUT2D eigenvalue weighted by Crippen LogP contribution is 2.22. The van der Waals surface area contributed by atoms with Crippen molar-refractivity contribution in [1.82, 2.24) is 56.9 Å². The molecule has 0 bridgehead atoms. The predicted molar refractivity (Wildman–Crippen MR) is 358 cm³/mol. The number of nitrogens with two attached hydrogens (primary N) is 1. The number of phenols is 3. The van der Waals surface area contributed by atoms with Gasteiger partial charge in [-0.3, -0.25) is 52.7 Å². The summed E-state index contributed by atoms with van der Waals surface area (Å²) in [4.78, 5) is 176. The summed E-state index contributed by atoms with van der Waals surface area (Å²) < 4.78 is 0. The number of rotatable bonds is 21. The molecule has 8 atom stereocenters. The minimum absolute atomic E-state index is 0.0466. The van der Waals surface area contributed by atoms with Crippen LogP contribution in [0, 0.1) is 5.92 Å². The summed E-state index contributed by atoms with van der Waals surface area (Å²) in [6.07, 6.45) is 0.353. The number of benzene rings is 4. The van der Waals surface area contributed by atoms with E-state index in [0.717, 1.165) is 4.90 Å². The van der Waals surface area contributed by atoms with E-state index in [1.807, 2.05) is 0 Å². The van der Waals surface area contributed by atoms with Crippen LogP contribution in [-0.4, -0.2) is 204 Å². The van der Waals surface area contributed by atoms with E-state index in [2.05, 4.69) is 42.2 Å². The molecule has 1 aromatic heterocycles. The molecule has 4 aromatic carbocycles. The third-order valence-electron chi connectivity index (χ3n) is 16.8. The summed E-state index contributed by atoms with van der Waals surface area (Å²) in [5, 5.41) is 70.0. The first-order valence-electron chi connectivity index (χ1n) is 32.5. The number of carbonyl (C=O) groups is 12. The largest absolute Gasteiger partial charge is 0.508 e. The molecular weight excluding hydrogens is 1270 g/mol. The van der Waals surface area contributed by atoms with Crippen molar-refractivity contribution in [3.05, 3.63) is 126 Å². The van der Waals surface area contributed by atoms with E-state index >= 15 is 9.59 Å². The Kier molecular flexibility index (Phi) is 28.9. The maximum Gasteiger partial charge on any atom is 0.326 e. The number of amides is 11. The van der Waals surface area contributed by atoms with E-state index in [4.69, 9.17) is 5.73 Å². The van der Waals surface area contributed by atoms with Crippen molar-refractivity contribution in [2.75, 3.05) is 39.8 Å². The van der Waals surface area contributed by atoms with Crippen molar-refractivity contribution in [3.8, 4) is 17.2 Å². The van der Waals surface area contributed by atoms with Gasteiger partial charge in [-0.15, -0.1) is 0 Å². The molecule has 0 unspecified atom stereocenters. The number of likely N-dealkylation sites (N-methyl/N-ethyl adjacent to an activating group) is 1. The van der Waals surface area contributed by atoms with Gasteiger partial charge in [-0.05, 0) is 116 Å². The summed E-state index contributed by atoms with van der Waals surface area (Å²) in [5.41, 5.74) is 8.11. The Morgan fingerprint density at radius 1 is 0.633 bits per heavy atom. The minimum Gasteiger partial charge on any atom is -0.508 e. The summed E-state index contributed by atoms with van der Waals surface area (Å²) in [6, 6.07) is 11.8. The second-order valence-corrected chi connectivity index (χ2v) is 24.9. The molecular formula is C69H90N12O17. The lowest BCUT2D eigenvalue weighted by Gasteiger charge is -2.31. The number of aromatic hydroxyl groups is 3. The Morgan fingerprint density at radius 2 is 1.14 bits per heavy atom. The van der Waals surface area contributed by atoms with Crippen molar-refractivity contribution >= 4 is 81.9 Å². The van der Waals surface area contributed by atoms with Crippen LogP contribution in [0.3, 0.4) is 0 Å². The smallest absolute Gasteiger partial charge is 0.326 e. The SMILES string of the molecule is CC(=O)N1CCCC[C@H](NC(=O)[C@H](Cc2ccc(O)cc2)N(C)C(C)=O)C(=O)N[C@@H](Cc2c[nH]c3ccccc23)C(=O)N[C@@H](CO)C(=O)N[C@@H](CCC(N)=O)C(=O)N[C@@H](Cc2ccc(O)cc2)C(=O)N[C@@H](CC(C)C)C(=O)N(CC(=O)N[C@@H](Cc2ccc(O)cc2)C(=O)O)CCCC1. The van der Waals surface area contributed by atoms with Crippen LogP contribution in [0.25, 0.3) is 10.9 Å². The van der Waals surface area contributed by atoms with Crippen molar-refractivity contribution in [3.63, 3.8) is 0 Å². The number of aliphatic hydroxyl groups is 1. The zero-order chi connectivity index (χ0) is 71.8. The van der Waals surface area contributed by atoms with Crippen molar-refractivity contribution in [1.29, 1.82) is 0 Å². The van der Waals surface area contributed by atoms with Gasteiger partial charge in [-0.25, -0.2) is 4.79 Å². The lowest BCUT2D eigenvalue weighted by atomic mass is 10.00. The van der Waals surface area contributed by atoms with Crippen LogP contribution in [0.5, 0.6) is 17.2 Å². The molecule has 2 heterocycles. The molecule has 11 amide bonds. The number of fused-ring (bicyclic) bond motifs is 1. The highest BCUT2D eigenvalue weighted by atomic mass is 16.4. The van der Waals surface area contributed by atoms with E-state index in [0.29, 0.717) is 33.2 Å². The third kappa shape index (κ3) is 23.7. The highest BCUT2D eigenvalue weighted by Gasteiger charge is 2.37. The van der Waals surface area contributed by atoms with Crippen LogP contribution < -0.4 is 43.0 Å². The summed E-state index contributed by atoms with van der Waals surface area (Å²) in [5.74, 6) is -11.3. The molecule has 1 fully saturated rings. The molecule has 0 radical (unpaired) electrons. The van der Waals surface area contributed by atoms with Crippen LogP contribution in [-0.2, 0) is 83.2 Å². The first-order valence-corrected chi connectivity index (χ1v) is 32.5. The molecule has 0 aliphatic carbocycles. The minimum atomic E-state index is -1.88. The predicted octanol–water partition coefficient (Wildman–Crippen LogP) is 0.826. The topological polar surface area (TPSA) is 442 Å². The summed E-state index contributed by atoms with van der Waals surface area (Å²) in [7, 11) is 1.40. The number of nitrogens with one attached hydrogen (secondary N) is 8. The number of aliphatic carboxylic acids is 1. The zero-order valence-electron chi connectivity index (χ0n) is 55.6. The Labute approximate surface area is 567 Å². The highest BCUT2D eigenvalue weighted by molar-refractivity contribution is 5.99. The Balaban J connectivity index is 1.41. The van der Waals surface area contributed by atoms with Crippen LogP contribution >= 0.6 is 0 Å². The maximum absolute atomic E-state index is 15.1. The van der Waals surface area contributed by atoms with Gasteiger partial charge in [0.25, 0.3) is 0 Å². The molecule has 5 aromatic rings. The van der Waals surface area contributed by atoms with Crippen LogP contribution in [0.1, 0.15) is 101 Å². The molecule has 1 aliphatic heterocycles. The van der Waals surface area contributed by atoms with Gasteiger partial charge in [0, 0.05) is 89.7 Å². The molecule has 1 saturated heterocycles. The van der Waals surface area contributed by atoms with Gasteiger partial charge in [-0.1, -0.05) is 68.4 Å². The number of hydrogen-bond donors (Lipinski definition) is 14. The summed E-state index contributed by atoms with van der Waals surface area (Å²) >= 11 is 0. The van der Waals surface area contributed by atoms with Gasteiger partial charge in [0.05, 0.1) is 13.2 Å². The van der Waals surface area contributed by atoms with Crippen molar-refractivity contribution in [2.24, 2.45) is 11.7 Å². The monoisotopic (exact) mass is 1360 g/mol. The maximum atomic E-state index is 15.1. The molecule has 29 nitrogen and oxygen atoms in total. The fourth-order valence-corrected chi connectivity index (χ4v) is 11.3. The third-order valence-corrected chi connectivity index (χ3v) is 16.8. The number of aromatic nitrogens is 1. The standard InChI is InChI=1S/C69H90N12O17/c1-40(2)32-56-68(96)81(38-61(89)72-57(69(97)98)34-44-17-23-48(86)24-18-44)31-11-10-30-80(42(4)84)29-9-8-14-52(74-67(95)59(79(5)41(3)83)35-45-19-25-49(87)26-20-45)62(90)76-55(36-46-37-71-51-13-7-6-12-50(46)51)65(93)78-58(39-82)66(94)73-53(27-28-60(70)88)63(91)75-54(64(92)77-56)33-43-15-21-47(85)22-16-43/h6-7,12-13,15-26,37,40,52-59,71,82,85-87H,8-11,14,27-36,38-39H2,1-5H3,(H2,70,88)(H,72,89)(H,73,94)(H,74,95)(H,75,91)(H,76,90)(H,77,92)(H,78,93)(H,97,98)/t52-,53-,54-,55-,56-,57-,58-,59-/m0/s1. The number of H-pyrrole nitrogens is 1. The number of phenolic OH excluding ortho intramolecular Hbond substituents is 3. The van der Waals surface area contributed by atoms with Gasteiger partial charge >= 0.3 is 5.97 Å². The second-order valence-electron chi connectivity index (χ2n) is 24.9. The Bertz CT molecular complexity index is 3600. The van der Waals surface area contributed by atoms with Crippen LogP contribution in [0.15, 0.2) is 103 Å². The number of aromatic amines is 1. The molecule has 98 heavy (non-hydrogen) atoms. The number of carboxylic acids is 1. The van der Waals surface area contributed by atoms with Crippen molar-refractivity contribution in [2.45, 2.75) is 153 Å². The van der Waals surface area contributed by atoms with E-state index in [-0.39, 0.29) is 113 Å². The average Bonchev–Trinajstić information content (AvgIpc) is 1.61. The van der Waals surface area contributed by atoms with Crippen LogP contribution in [0.2, 0.25) is 0 Å². The molecule has 15 N–H and O–H groups in total. The molecule has 29 heteroatoms. The quantitative estimate of drug-likeness (QED) is 0.0484. The molecule has 0 spiro atoms. The van der Waals surface area contributed by atoms with Crippen LogP contribution in [0.4, 0.5) is 0 Å². The fraction of sp³-hybridized carbons (Fsp3) is 0.449. The second kappa shape index (κ2) is 37.1. The van der Waals surface area contributed by atoms with Gasteiger partial charge in [0.1, 0.15) is 65.6 Å². The van der Waals surface area contributed by atoms with Gasteiger partial charge in [0.15, 0.2) is 0 Å². The zero-order valence-corrected chi connectivity index (χ0v) is 55.6. The first-order chi connectivity index (χ1) is 46.6. The number of aliphatic hydroxyl groups excluding tert-OH is 1. The Morgan fingerprint density at radius 3 is 1.71 bits per heavy atom. The number of hydrogen-bond acceptors (Lipinski definition) is 16. The van der Waals surface area contributed by atoms with Gasteiger partial charge < -0.3 is 88.2 Å². The molecule has 6 rings (SSSR count). The van der Waals surface area contributed by atoms with Gasteiger partial charge in [-0.2, -0.15) is 0 Å². The number of carboxylic acid groups (broad SMARTS) is 1. The molecule has 1 aliphatic rings. The molecule has 528 valence electrons.